The minimum Gasteiger partial charge on any atom is -0.353 e. The van der Waals surface area contributed by atoms with Gasteiger partial charge in [-0.2, -0.15) is 0 Å². The first kappa shape index (κ1) is 12.8. The molecule has 1 amide bonds. The number of hydrogen-bond acceptors (Lipinski definition) is 2. The lowest BCUT2D eigenvalue weighted by molar-refractivity contribution is -0.123. The number of nitrogens with one attached hydrogen (secondary N) is 1. The molecule has 0 aliphatic heterocycles. The van der Waals surface area contributed by atoms with E-state index in [4.69, 9.17) is 5.73 Å². The van der Waals surface area contributed by atoms with Crippen LogP contribution < -0.4 is 11.1 Å². The summed E-state index contributed by atoms with van der Waals surface area (Å²) >= 11 is 0. The second-order valence-electron chi connectivity index (χ2n) is 4.12. The smallest absolute Gasteiger partial charge is 0.237 e. The van der Waals surface area contributed by atoms with Crippen LogP contribution in [0.1, 0.15) is 20.3 Å². The molecule has 4 nitrogen and oxygen atoms in total. The van der Waals surface area contributed by atoms with Gasteiger partial charge in [0, 0.05) is 25.5 Å². The fourth-order valence-electron chi connectivity index (χ4n) is 1.46. The summed E-state index contributed by atoms with van der Waals surface area (Å²) < 4.78 is 2.02. The van der Waals surface area contributed by atoms with Crippen molar-refractivity contribution in [3.05, 3.63) is 24.5 Å². The van der Waals surface area contributed by atoms with Crippen LogP contribution in [0.15, 0.2) is 24.5 Å². The van der Waals surface area contributed by atoms with E-state index < -0.39 is 6.04 Å². The van der Waals surface area contributed by atoms with Crippen LogP contribution >= 0.6 is 0 Å². The molecule has 0 fully saturated rings. The van der Waals surface area contributed by atoms with E-state index >= 15 is 0 Å². The number of rotatable bonds is 6. The third-order valence-electron chi connectivity index (χ3n) is 2.90. The molecule has 0 spiro atoms. The Morgan fingerprint density at radius 1 is 1.44 bits per heavy atom. The number of carbonyl (C=O) groups excluding carboxylic acids is 1. The van der Waals surface area contributed by atoms with Crippen LogP contribution in [0.25, 0.3) is 0 Å². The average molecular weight is 223 g/mol. The van der Waals surface area contributed by atoms with E-state index in [-0.39, 0.29) is 11.8 Å². The lowest BCUT2D eigenvalue weighted by atomic mass is 9.99. The van der Waals surface area contributed by atoms with Crippen molar-refractivity contribution >= 4 is 5.91 Å². The summed E-state index contributed by atoms with van der Waals surface area (Å²) in [7, 11) is 0. The van der Waals surface area contributed by atoms with Gasteiger partial charge in [0.1, 0.15) is 0 Å². The van der Waals surface area contributed by atoms with Crippen LogP contribution in [0.4, 0.5) is 0 Å². The zero-order valence-electron chi connectivity index (χ0n) is 10.0. The van der Waals surface area contributed by atoms with Gasteiger partial charge in [0.25, 0.3) is 0 Å². The summed E-state index contributed by atoms with van der Waals surface area (Å²) in [5.74, 6) is 0.174. The summed E-state index contributed by atoms with van der Waals surface area (Å²) in [4.78, 5) is 11.6. The molecule has 16 heavy (non-hydrogen) atoms. The Kier molecular flexibility index (Phi) is 5.05. The number of nitrogens with two attached hydrogens (primary N) is 1. The lowest BCUT2D eigenvalue weighted by Crippen LogP contribution is -2.45. The van der Waals surface area contributed by atoms with Crippen molar-refractivity contribution in [1.29, 1.82) is 0 Å². The molecule has 2 atom stereocenters. The van der Waals surface area contributed by atoms with Crippen molar-refractivity contribution in [3.8, 4) is 0 Å². The predicted molar refractivity (Wildman–Crippen MR) is 64.9 cm³/mol. The fraction of sp³-hybridized carbons (Fsp3) is 0.583. The third-order valence-corrected chi connectivity index (χ3v) is 2.90. The van der Waals surface area contributed by atoms with E-state index in [0.29, 0.717) is 6.54 Å². The maximum Gasteiger partial charge on any atom is 0.237 e. The number of nitrogens with zero attached hydrogens (tertiary/aromatic N) is 1. The standard InChI is InChI=1S/C12H21N3O/c1-3-10(2)11(13)12(16)14-6-9-15-7-4-5-8-15/h4-5,7-8,10-11H,3,6,9,13H2,1-2H3,(H,14,16)/t10-,11-/m0/s1. The molecule has 1 aromatic heterocycles. The molecule has 0 radical (unpaired) electrons. The summed E-state index contributed by atoms with van der Waals surface area (Å²) in [5.41, 5.74) is 5.81. The number of amides is 1. The molecule has 3 N–H and O–H groups in total. The highest BCUT2D eigenvalue weighted by Gasteiger charge is 2.18. The second kappa shape index (κ2) is 6.33. The van der Waals surface area contributed by atoms with Gasteiger partial charge in [-0.15, -0.1) is 0 Å². The second-order valence-corrected chi connectivity index (χ2v) is 4.12. The van der Waals surface area contributed by atoms with Gasteiger partial charge in [0.2, 0.25) is 5.91 Å². The molecule has 90 valence electrons. The van der Waals surface area contributed by atoms with E-state index in [9.17, 15) is 4.79 Å². The minimum absolute atomic E-state index is 0.0542. The van der Waals surface area contributed by atoms with Crippen LogP contribution in [-0.4, -0.2) is 23.1 Å². The first-order valence-corrected chi connectivity index (χ1v) is 5.79. The van der Waals surface area contributed by atoms with Gasteiger partial charge < -0.3 is 15.6 Å². The SMILES string of the molecule is CC[C@H](C)[C@H](N)C(=O)NCCn1cccc1. The zero-order valence-corrected chi connectivity index (χ0v) is 10.0. The van der Waals surface area contributed by atoms with Crippen molar-refractivity contribution in [2.75, 3.05) is 6.54 Å². The molecule has 0 aliphatic carbocycles. The summed E-state index contributed by atoms with van der Waals surface area (Å²) in [6.07, 6.45) is 4.87. The Morgan fingerprint density at radius 3 is 2.62 bits per heavy atom. The molecule has 0 bridgehead atoms. The molecule has 1 rings (SSSR count). The summed E-state index contributed by atoms with van der Waals surface area (Å²) in [5, 5.41) is 2.85. The van der Waals surface area contributed by atoms with Crippen molar-refractivity contribution in [2.24, 2.45) is 11.7 Å². The quantitative estimate of drug-likeness (QED) is 0.755. The first-order chi connectivity index (χ1) is 7.65. The van der Waals surface area contributed by atoms with Crippen LogP contribution in [0.3, 0.4) is 0 Å². The van der Waals surface area contributed by atoms with Gasteiger partial charge in [0.05, 0.1) is 6.04 Å². The molecular weight excluding hydrogens is 202 g/mol. The van der Waals surface area contributed by atoms with Gasteiger partial charge in [0.15, 0.2) is 0 Å². The van der Waals surface area contributed by atoms with Gasteiger partial charge >= 0.3 is 0 Å². The fourth-order valence-corrected chi connectivity index (χ4v) is 1.46. The van der Waals surface area contributed by atoms with Gasteiger partial charge in [-0.3, -0.25) is 4.79 Å². The summed E-state index contributed by atoms with van der Waals surface area (Å²) in [6.45, 7) is 5.44. The Balaban J connectivity index is 2.24. The Labute approximate surface area is 96.8 Å². The van der Waals surface area contributed by atoms with Crippen molar-refractivity contribution in [2.45, 2.75) is 32.9 Å². The zero-order chi connectivity index (χ0) is 12.0. The topological polar surface area (TPSA) is 60.1 Å². The molecule has 0 saturated carbocycles. The van der Waals surface area contributed by atoms with Crippen LogP contribution in [0.2, 0.25) is 0 Å². The Bertz CT molecular complexity index is 308. The van der Waals surface area contributed by atoms with Gasteiger partial charge in [-0.1, -0.05) is 20.3 Å². The average Bonchev–Trinajstić information content (AvgIpc) is 2.79. The molecule has 0 saturated heterocycles. The highest BCUT2D eigenvalue weighted by Crippen LogP contribution is 2.04. The third kappa shape index (κ3) is 3.70. The molecular formula is C12H21N3O. The predicted octanol–water partition coefficient (Wildman–Crippen LogP) is 0.978. The Hall–Kier alpha value is -1.29. The largest absolute Gasteiger partial charge is 0.353 e. The van der Waals surface area contributed by atoms with Gasteiger partial charge in [-0.25, -0.2) is 0 Å². The van der Waals surface area contributed by atoms with E-state index in [1.807, 2.05) is 42.9 Å². The van der Waals surface area contributed by atoms with E-state index in [1.54, 1.807) is 0 Å². The number of carbonyl (C=O) groups is 1. The maximum atomic E-state index is 11.6. The van der Waals surface area contributed by atoms with Crippen LogP contribution in [-0.2, 0) is 11.3 Å². The molecule has 4 heteroatoms. The summed E-state index contributed by atoms with van der Waals surface area (Å²) in [6, 6.07) is 3.54. The van der Waals surface area contributed by atoms with Crippen LogP contribution in [0, 0.1) is 5.92 Å². The number of aromatic nitrogens is 1. The number of hydrogen-bond donors (Lipinski definition) is 2. The van der Waals surface area contributed by atoms with Crippen LogP contribution in [0.5, 0.6) is 0 Å². The van der Waals surface area contributed by atoms with E-state index in [1.165, 1.54) is 0 Å². The lowest BCUT2D eigenvalue weighted by Gasteiger charge is -2.17. The molecule has 1 heterocycles. The van der Waals surface area contributed by atoms with Gasteiger partial charge in [-0.05, 0) is 18.1 Å². The van der Waals surface area contributed by atoms with Crippen molar-refractivity contribution in [3.63, 3.8) is 0 Å². The molecule has 0 aromatic carbocycles. The highest BCUT2D eigenvalue weighted by atomic mass is 16.2. The normalized spacial score (nSPS) is 14.4. The van der Waals surface area contributed by atoms with Crippen molar-refractivity contribution in [1.82, 2.24) is 9.88 Å². The van der Waals surface area contributed by atoms with E-state index in [0.717, 1.165) is 13.0 Å². The molecule has 0 aliphatic rings. The monoisotopic (exact) mass is 223 g/mol. The first-order valence-electron chi connectivity index (χ1n) is 5.79. The van der Waals surface area contributed by atoms with Crippen molar-refractivity contribution < 1.29 is 4.79 Å². The maximum absolute atomic E-state index is 11.6. The minimum atomic E-state index is -0.394. The highest BCUT2D eigenvalue weighted by molar-refractivity contribution is 5.81. The Morgan fingerprint density at radius 2 is 2.06 bits per heavy atom. The molecule has 0 unspecified atom stereocenters. The van der Waals surface area contributed by atoms with E-state index in [2.05, 4.69) is 5.32 Å². The molecule has 1 aromatic rings.